The van der Waals surface area contributed by atoms with Gasteiger partial charge in [0.05, 0.1) is 0 Å². The van der Waals surface area contributed by atoms with Gasteiger partial charge in [0, 0.05) is 11.1 Å². The Morgan fingerprint density at radius 1 is 0.531 bits per heavy atom. The molecular weight excluding hydrogens is 396 g/mol. The van der Waals surface area contributed by atoms with Crippen LogP contribution in [0.1, 0.15) is 139 Å². The van der Waals surface area contributed by atoms with Crippen molar-refractivity contribution in [2.24, 2.45) is 0 Å². The number of hydrogen-bond donors (Lipinski definition) is 2. The summed E-state index contributed by atoms with van der Waals surface area (Å²) in [6, 6.07) is 7.90. The van der Waals surface area contributed by atoms with Crippen molar-refractivity contribution >= 4 is 5.78 Å². The SMILES string of the molecule is O=C(c1cc(C2CCC2)c(O)c(C2CCC2)c1)c1cc(C2CCC2)c(O)c(C2CCC2)c1. The highest BCUT2D eigenvalue weighted by molar-refractivity contribution is 6.09. The van der Waals surface area contributed by atoms with E-state index in [2.05, 4.69) is 0 Å². The van der Waals surface area contributed by atoms with E-state index < -0.39 is 0 Å². The fourth-order valence-corrected chi connectivity index (χ4v) is 5.91. The number of carbonyl (C=O) groups excluding carboxylic acids is 1. The standard InChI is InChI=1S/C29H34O3/c30-27(21-13-23(17-5-1-6-17)28(31)24(14-21)18-7-2-8-18)22-15-25(19-9-3-10-19)29(32)26(16-22)20-11-4-12-20/h13-20,31-32H,1-12H2. The number of phenolic OH excluding ortho intramolecular Hbond substituents is 2. The number of hydrogen-bond acceptors (Lipinski definition) is 3. The third-order valence-corrected chi connectivity index (χ3v) is 9.04. The summed E-state index contributed by atoms with van der Waals surface area (Å²) in [7, 11) is 0. The lowest BCUT2D eigenvalue weighted by Gasteiger charge is -2.32. The van der Waals surface area contributed by atoms with Crippen molar-refractivity contribution in [2.75, 3.05) is 0 Å². The van der Waals surface area contributed by atoms with Gasteiger partial charge in [-0.25, -0.2) is 0 Å². The van der Waals surface area contributed by atoms with Gasteiger partial charge in [0.1, 0.15) is 11.5 Å². The molecule has 0 aliphatic heterocycles. The first-order chi connectivity index (χ1) is 15.6. The Morgan fingerprint density at radius 2 is 0.781 bits per heavy atom. The first-order valence-corrected chi connectivity index (χ1v) is 12.9. The van der Waals surface area contributed by atoms with Gasteiger partial charge in [0.2, 0.25) is 0 Å². The van der Waals surface area contributed by atoms with Crippen LogP contribution in [0.15, 0.2) is 24.3 Å². The topological polar surface area (TPSA) is 57.5 Å². The average molecular weight is 431 g/mol. The van der Waals surface area contributed by atoms with Gasteiger partial charge < -0.3 is 10.2 Å². The summed E-state index contributed by atoms with van der Waals surface area (Å²) in [4.78, 5) is 13.8. The Balaban J connectivity index is 1.43. The third-order valence-electron chi connectivity index (χ3n) is 9.04. The van der Waals surface area contributed by atoms with Crippen molar-refractivity contribution in [2.45, 2.75) is 101 Å². The zero-order valence-electron chi connectivity index (χ0n) is 18.9. The van der Waals surface area contributed by atoms with Gasteiger partial charge in [-0.15, -0.1) is 0 Å². The molecule has 4 aliphatic rings. The molecule has 0 bridgehead atoms. The molecule has 2 aromatic rings. The van der Waals surface area contributed by atoms with E-state index in [1.807, 2.05) is 24.3 Å². The number of phenols is 2. The average Bonchev–Trinajstić information content (AvgIpc) is 2.61. The third kappa shape index (κ3) is 3.27. The van der Waals surface area contributed by atoms with E-state index in [9.17, 15) is 15.0 Å². The zero-order valence-corrected chi connectivity index (χ0v) is 18.9. The van der Waals surface area contributed by atoms with Crippen LogP contribution in [-0.4, -0.2) is 16.0 Å². The first kappa shape index (κ1) is 20.3. The van der Waals surface area contributed by atoms with Gasteiger partial charge >= 0.3 is 0 Å². The van der Waals surface area contributed by atoms with E-state index in [0.29, 0.717) is 35.2 Å². The molecule has 3 heteroatoms. The van der Waals surface area contributed by atoms with E-state index in [0.717, 1.165) is 84.7 Å². The van der Waals surface area contributed by atoms with E-state index in [1.165, 1.54) is 25.7 Å². The highest BCUT2D eigenvalue weighted by Crippen LogP contribution is 2.49. The molecule has 32 heavy (non-hydrogen) atoms. The monoisotopic (exact) mass is 430 g/mol. The summed E-state index contributed by atoms with van der Waals surface area (Å²) in [5.74, 6) is 2.50. The fourth-order valence-electron chi connectivity index (χ4n) is 5.91. The van der Waals surface area contributed by atoms with E-state index >= 15 is 0 Å². The van der Waals surface area contributed by atoms with Crippen LogP contribution in [0.4, 0.5) is 0 Å². The van der Waals surface area contributed by atoms with Gasteiger partial charge in [0.15, 0.2) is 5.78 Å². The molecule has 4 fully saturated rings. The lowest BCUT2D eigenvalue weighted by atomic mass is 9.73. The molecular formula is C29H34O3. The molecule has 6 rings (SSSR count). The van der Waals surface area contributed by atoms with Gasteiger partial charge in [-0.1, -0.05) is 25.7 Å². The predicted octanol–water partition coefficient (Wildman–Crippen LogP) is 7.40. The summed E-state index contributed by atoms with van der Waals surface area (Å²) >= 11 is 0. The van der Waals surface area contributed by atoms with Crippen LogP contribution < -0.4 is 0 Å². The highest BCUT2D eigenvalue weighted by atomic mass is 16.3. The van der Waals surface area contributed by atoms with Crippen molar-refractivity contribution in [3.8, 4) is 11.5 Å². The number of carbonyl (C=O) groups is 1. The summed E-state index contributed by atoms with van der Waals surface area (Å²) in [6.45, 7) is 0. The Kier molecular flexibility index (Phi) is 5.04. The molecule has 0 unspecified atom stereocenters. The highest BCUT2D eigenvalue weighted by Gasteiger charge is 2.32. The molecule has 0 atom stereocenters. The summed E-state index contributed by atoms with van der Waals surface area (Å²) in [5, 5.41) is 22.1. The zero-order chi connectivity index (χ0) is 21.8. The van der Waals surface area contributed by atoms with Crippen LogP contribution in [-0.2, 0) is 0 Å². The number of ketones is 1. The lowest BCUT2D eigenvalue weighted by molar-refractivity contribution is 0.103. The van der Waals surface area contributed by atoms with Gasteiger partial charge in [-0.05, 0) is 122 Å². The van der Waals surface area contributed by atoms with Crippen molar-refractivity contribution < 1.29 is 15.0 Å². The van der Waals surface area contributed by atoms with Gasteiger partial charge in [0.25, 0.3) is 0 Å². The molecule has 168 valence electrons. The smallest absolute Gasteiger partial charge is 0.193 e. The number of rotatable bonds is 6. The number of aromatic hydroxyl groups is 2. The van der Waals surface area contributed by atoms with Crippen LogP contribution >= 0.6 is 0 Å². The molecule has 0 amide bonds. The van der Waals surface area contributed by atoms with Crippen molar-refractivity contribution in [3.05, 3.63) is 57.6 Å². The Bertz CT molecular complexity index is 899. The summed E-state index contributed by atoms with van der Waals surface area (Å²) in [6.07, 6.45) is 13.6. The maximum absolute atomic E-state index is 13.8. The minimum absolute atomic E-state index is 0.0484. The van der Waals surface area contributed by atoms with E-state index in [4.69, 9.17) is 0 Å². The molecule has 0 radical (unpaired) electrons. The summed E-state index contributed by atoms with van der Waals surface area (Å²) < 4.78 is 0. The predicted molar refractivity (Wildman–Crippen MR) is 126 cm³/mol. The molecule has 0 heterocycles. The molecule has 4 saturated carbocycles. The molecule has 0 saturated heterocycles. The van der Waals surface area contributed by atoms with Gasteiger partial charge in [-0.3, -0.25) is 4.79 Å². The molecule has 0 spiro atoms. The maximum Gasteiger partial charge on any atom is 0.193 e. The van der Waals surface area contributed by atoms with Crippen molar-refractivity contribution in [3.63, 3.8) is 0 Å². The Morgan fingerprint density at radius 3 is 0.969 bits per heavy atom. The quantitative estimate of drug-likeness (QED) is 0.469. The fraction of sp³-hybridized carbons (Fsp3) is 0.552. The Hall–Kier alpha value is -2.29. The molecule has 0 aromatic heterocycles. The second-order valence-corrected chi connectivity index (χ2v) is 10.8. The largest absolute Gasteiger partial charge is 0.507 e. The van der Waals surface area contributed by atoms with Crippen molar-refractivity contribution in [1.29, 1.82) is 0 Å². The maximum atomic E-state index is 13.8. The molecule has 2 aromatic carbocycles. The Labute approximate surface area is 190 Å². The van der Waals surface area contributed by atoms with Crippen LogP contribution in [0, 0.1) is 0 Å². The molecule has 3 nitrogen and oxygen atoms in total. The lowest BCUT2D eigenvalue weighted by Crippen LogP contribution is -2.17. The van der Waals surface area contributed by atoms with Crippen molar-refractivity contribution in [1.82, 2.24) is 0 Å². The molecule has 2 N–H and O–H groups in total. The first-order valence-electron chi connectivity index (χ1n) is 12.9. The van der Waals surface area contributed by atoms with Crippen LogP contribution in [0.2, 0.25) is 0 Å². The number of benzene rings is 2. The normalized spacial score (nSPS) is 22.0. The van der Waals surface area contributed by atoms with Crippen LogP contribution in [0.25, 0.3) is 0 Å². The second kappa shape index (κ2) is 7.93. The summed E-state index contributed by atoms with van der Waals surface area (Å²) in [5.41, 5.74) is 5.39. The second-order valence-electron chi connectivity index (χ2n) is 10.8. The van der Waals surface area contributed by atoms with Crippen LogP contribution in [0.3, 0.4) is 0 Å². The van der Waals surface area contributed by atoms with E-state index in [-0.39, 0.29) is 5.78 Å². The van der Waals surface area contributed by atoms with Gasteiger partial charge in [-0.2, -0.15) is 0 Å². The van der Waals surface area contributed by atoms with Crippen LogP contribution in [0.5, 0.6) is 11.5 Å². The minimum atomic E-state index is 0.0484. The van der Waals surface area contributed by atoms with E-state index in [1.54, 1.807) is 0 Å². The molecule has 4 aliphatic carbocycles. The minimum Gasteiger partial charge on any atom is -0.507 e.